The summed E-state index contributed by atoms with van der Waals surface area (Å²) in [5, 5.41) is 3.27. The normalized spacial score (nSPS) is 21.0. The summed E-state index contributed by atoms with van der Waals surface area (Å²) in [6.07, 6.45) is 3.42. The molecule has 1 fully saturated rings. The van der Waals surface area contributed by atoms with E-state index in [1.165, 1.54) is 12.8 Å². The summed E-state index contributed by atoms with van der Waals surface area (Å²) < 4.78 is 5.41. The lowest BCUT2D eigenvalue weighted by molar-refractivity contribution is -0.118. The van der Waals surface area contributed by atoms with Crippen molar-refractivity contribution in [2.75, 3.05) is 30.8 Å². The number of hydrogen-bond donors (Lipinski definition) is 1. The second-order valence-corrected chi connectivity index (χ2v) is 7.45. The van der Waals surface area contributed by atoms with Gasteiger partial charge in [-0.25, -0.2) is 0 Å². The number of fused-ring (bicyclic) bond motifs is 1. The van der Waals surface area contributed by atoms with Gasteiger partial charge in [0.2, 0.25) is 0 Å². The molecule has 0 aliphatic carbocycles. The quantitative estimate of drug-likeness (QED) is 0.923. The zero-order valence-corrected chi connectivity index (χ0v) is 14.2. The SMILES string of the molecule is CCSC1CCCCN(C(=O)c2ccc3c(c2)OCC(=O)N3)C1. The van der Waals surface area contributed by atoms with Crippen LogP contribution in [0.25, 0.3) is 0 Å². The van der Waals surface area contributed by atoms with Gasteiger partial charge in [-0.3, -0.25) is 9.59 Å². The number of rotatable bonds is 3. The zero-order valence-electron chi connectivity index (χ0n) is 13.3. The first-order chi connectivity index (χ1) is 11.2. The van der Waals surface area contributed by atoms with Gasteiger partial charge < -0.3 is 15.0 Å². The number of anilines is 1. The Bertz CT molecular complexity index is 606. The zero-order chi connectivity index (χ0) is 16.2. The van der Waals surface area contributed by atoms with Crippen molar-refractivity contribution in [3.8, 4) is 5.75 Å². The van der Waals surface area contributed by atoms with Crippen molar-refractivity contribution < 1.29 is 14.3 Å². The van der Waals surface area contributed by atoms with Gasteiger partial charge in [0.25, 0.3) is 11.8 Å². The molecule has 6 heteroatoms. The minimum atomic E-state index is -0.163. The maximum Gasteiger partial charge on any atom is 0.262 e. The molecule has 5 nitrogen and oxygen atoms in total. The number of carbonyl (C=O) groups is 2. The average Bonchev–Trinajstić information content (AvgIpc) is 2.79. The minimum absolute atomic E-state index is 0.00354. The summed E-state index contributed by atoms with van der Waals surface area (Å²) in [7, 11) is 0. The lowest BCUT2D eigenvalue weighted by atomic mass is 10.1. The third kappa shape index (κ3) is 3.80. The predicted octanol–water partition coefficient (Wildman–Crippen LogP) is 2.77. The molecule has 1 N–H and O–H groups in total. The van der Waals surface area contributed by atoms with Gasteiger partial charge in [-0.15, -0.1) is 0 Å². The molecule has 1 unspecified atom stereocenters. The van der Waals surface area contributed by atoms with Crippen LogP contribution in [-0.4, -0.2) is 47.4 Å². The molecule has 1 aromatic carbocycles. The van der Waals surface area contributed by atoms with Crippen LogP contribution >= 0.6 is 11.8 Å². The van der Waals surface area contributed by atoms with Gasteiger partial charge in [0.05, 0.1) is 5.69 Å². The van der Waals surface area contributed by atoms with E-state index in [0.717, 1.165) is 25.3 Å². The van der Waals surface area contributed by atoms with Crippen LogP contribution in [0.15, 0.2) is 18.2 Å². The van der Waals surface area contributed by atoms with Gasteiger partial charge in [0, 0.05) is 23.9 Å². The van der Waals surface area contributed by atoms with Crippen LogP contribution in [0.5, 0.6) is 5.75 Å². The highest BCUT2D eigenvalue weighted by Gasteiger charge is 2.24. The second-order valence-electron chi connectivity index (χ2n) is 5.87. The van der Waals surface area contributed by atoms with Gasteiger partial charge in [0.15, 0.2) is 6.61 Å². The highest BCUT2D eigenvalue weighted by molar-refractivity contribution is 7.99. The van der Waals surface area contributed by atoms with Crippen LogP contribution in [0.1, 0.15) is 36.5 Å². The molecule has 0 bridgehead atoms. The highest BCUT2D eigenvalue weighted by atomic mass is 32.2. The average molecular weight is 334 g/mol. The van der Waals surface area contributed by atoms with E-state index in [2.05, 4.69) is 12.2 Å². The molecule has 0 saturated carbocycles. The van der Waals surface area contributed by atoms with Gasteiger partial charge in [-0.2, -0.15) is 11.8 Å². The molecular weight excluding hydrogens is 312 g/mol. The Morgan fingerprint density at radius 2 is 2.30 bits per heavy atom. The maximum absolute atomic E-state index is 12.8. The van der Waals surface area contributed by atoms with Crippen LogP contribution in [0.3, 0.4) is 0 Å². The number of likely N-dealkylation sites (tertiary alicyclic amines) is 1. The van der Waals surface area contributed by atoms with E-state index in [9.17, 15) is 9.59 Å². The van der Waals surface area contributed by atoms with E-state index in [1.807, 2.05) is 16.7 Å². The summed E-state index contributed by atoms with van der Waals surface area (Å²) >= 11 is 1.94. The maximum atomic E-state index is 12.8. The van der Waals surface area contributed by atoms with Crippen molar-refractivity contribution in [2.24, 2.45) is 0 Å². The third-order valence-electron chi connectivity index (χ3n) is 4.18. The number of hydrogen-bond acceptors (Lipinski definition) is 4. The third-order valence-corrected chi connectivity index (χ3v) is 5.37. The van der Waals surface area contributed by atoms with E-state index < -0.39 is 0 Å². The van der Waals surface area contributed by atoms with Crippen LogP contribution in [0.4, 0.5) is 5.69 Å². The van der Waals surface area contributed by atoms with E-state index in [-0.39, 0.29) is 18.4 Å². The van der Waals surface area contributed by atoms with E-state index >= 15 is 0 Å². The standard InChI is InChI=1S/C17H22N2O3S/c1-2-23-13-5-3-4-8-19(10-13)17(21)12-6-7-14-15(9-12)22-11-16(20)18-14/h6-7,9,13H,2-5,8,10-11H2,1H3,(H,18,20). The molecule has 0 aromatic heterocycles. The predicted molar refractivity (Wildman–Crippen MR) is 92.2 cm³/mol. The van der Waals surface area contributed by atoms with Crippen molar-refractivity contribution in [1.82, 2.24) is 4.90 Å². The first-order valence-electron chi connectivity index (χ1n) is 8.15. The number of amides is 2. The van der Waals surface area contributed by atoms with Crippen molar-refractivity contribution >= 4 is 29.3 Å². The topological polar surface area (TPSA) is 58.6 Å². The van der Waals surface area contributed by atoms with Crippen LogP contribution in [-0.2, 0) is 4.79 Å². The molecule has 2 heterocycles. The van der Waals surface area contributed by atoms with Crippen LogP contribution < -0.4 is 10.1 Å². The summed E-state index contributed by atoms with van der Waals surface area (Å²) in [5.74, 6) is 1.55. The van der Waals surface area contributed by atoms with Crippen LogP contribution in [0, 0.1) is 0 Å². The number of nitrogens with one attached hydrogen (secondary N) is 1. The molecule has 124 valence electrons. The Labute approximate surface area is 140 Å². The molecule has 23 heavy (non-hydrogen) atoms. The molecule has 0 radical (unpaired) electrons. The van der Waals surface area contributed by atoms with Crippen LogP contribution in [0.2, 0.25) is 0 Å². The summed E-state index contributed by atoms with van der Waals surface area (Å²) in [5.41, 5.74) is 1.26. The molecule has 1 saturated heterocycles. The monoisotopic (exact) mass is 334 g/mol. The van der Waals surface area contributed by atoms with Gasteiger partial charge >= 0.3 is 0 Å². The Hall–Kier alpha value is -1.69. The highest BCUT2D eigenvalue weighted by Crippen LogP contribution is 2.30. The molecule has 2 aliphatic heterocycles. The Morgan fingerprint density at radius 1 is 1.43 bits per heavy atom. The second kappa shape index (κ2) is 7.25. The summed E-state index contributed by atoms with van der Waals surface area (Å²) in [4.78, 5) is 26.1. The Balaban J connectivity index is 1.75. The van der Waals surface area contributed by atoms with Crippen molar-refractivity contribution in [3.05, 3.63) is 23.8 Å². The van der Waals surface area contributed by atoms with Gasteiger partial charge in [0.1, 0.15) is 5.75 Å². The lowest BCUT2D eigenvalue weighted by Crippen LogP contribution is -2.35. The Morgan fingerprint density at radius 3 is 3.13 bits per heavy atom. The Kier molecular flexibility index (Phi) is 5.10. The number of thioether (sulfide) groups is 1. The van der Waals surface area contributed by atoms with Crippen molar-refractivity contribution in [1.29, 1.82) is 0 Å². The summed E-state index contributed by atoms with van der Waals surface area (Å²) in [6.45, 7) is 3.79. The number of ether oxygens (including phenoxy) is 1. The fourth-order valence-corrected chi connectivity index (χ4v) is 4.14. The first kappa shape index (κ1) is 16.2. The smallest absolute Gasteiger partial charge is 0.262 e. The molecule has 1 aromatic rings. The minimum Gasteiger partial charge on any atom is -0.482 e. The van der Waals surface area contributed by atoms with Crippen molar-refractivity contribution in [2.45, 2.75) is 31.4 Å². The lowest BCUT2D eigenvalue weighted by Gasteiger charge is -2.25. The van der Waals surface area contributed by atoms with E-state index in [0.29, 0.717) is 22.3 Å². The molecular formula is C17H22N2O3S. The number of nitrogens with zero attached hydrogens (tertiary/aromatic N) is 1. The first-order valence-corrected chi connectivity index (χ1v) is 9.20. The molecule has 2 amide bonds. The fourth-order valence-electron chi connectivity index (χ4n) is 3.05. The van der Waals surface area contributed by atoms with Gasteiger partial charge in [-0.1, -0.05) is 13.3 Å². The van der Waals surface area contributed by atoms with E-state index in [4.69, 9.17) is 4.74 Å². The summed E-state index contributed by atoms with van der Waals surface area (Å²) in [6, 6.07) is 5.25. The van der Waals surface area contributed by atoms with E-state index in [1.54, 1.807) is 18.2 Å². The molecule has 0 spiro atoms. The largest absolute Gasteiger partial charge is 0.482 e. The number of benzene rings is 1. The molecule has 3 rings (SSSR count). The fraction of sp³-hybridized carbons (Fsp3) is 0.529. The molecule has 1 atom stereocenters. The molecule has 2 aliphatic rings. The number of carbonyl (C=O) groups excluding carboxylic acids is 2. The van der Waals surface area contributed by atoms with Crippen molar-refractivity contribution in [3.63, 3.8) is 0 Å². The van der Waals surface area contributed by atoms with Gasteiger partial charge in [-0.05, 0) is 36.8 Å².